The van der Waals surface area contributed by atoms with Gasteiger partial charge in [0.05, 0.1) is 10.5 Å². The van der Waals surface area contributed by atoms with Crippen LogP contribution in [-0.4, -0.2) is 26.9 Å². The van der Waals surface area contributed by atoms with Gasteiger partial charge in [0.15, 0.2) is 6.61 Å². The molecule has 0 radical (unpaired) electrons. The Labute approximate surface area is 157 Å². The Balaban J connectivity index is 1.84. The van der Waals surface area contributed by atoms with E-state index in [-0.39, 0.29) is 21.5 Å². The van der Waals surface area contributed by atoms with Crippen molar-refractivity contribution in [2.24, 2.45) is 5.14 Å². The Morgan fingerprint density at radius 2 is 1.81 bits per heavy atom. The summed E-state index contributed by atoms with van der Waals surface area (Å²) in [6.45, 7) is -0.403. The minimum absolute atomic E-state index is 0.0358. The van der Waals surface area contributed by atoms with Gasteiger partial charge >= 0.3 is 5.97 Å². The van der Waals surface area contributed by atoms with Crippen molar-refractivity contribution < 1.29 is 27.1 Å². The number of nitrogens with one attached hydrogen (secondary N) is 1. The number of sulfonamides is 1. The summed E-state index contributed by atoms with van der Waals surface area (Å²) in [6.07, 6.45) is 0. The topological polar surface area (TPSA) is 116 Å². The molecule has 1 amide bonds. The largest absolute Gasteiger partial charge is 0.452 e. The van der Waals surface area contributed by atoms with Crippen molar-refractivity contribution in [1.29, 1.82) is 0 Å². The van der Waals surface area contributed by atoms with Crippen molar-refractivity contribution in [2.75, 3.05) is 6.61 Å². The number of nitrogens with two attached hydrogens (primary N) is 1. The number of ether oxygens (including phenoxy) is 1. The molecule has 0 spiro atoms. The van der Waals surface area contributed by atoms with Crippen LogP contribution in [0.4, 0.5) is 4.39 Å². The van der Waals surface area contributed by atoms with Crippen LogP contribution in [0, 0.1) is 5.82 Å². The van der Waals surface area contributed by atoms with Crippen LogP contribution in [0.3, 0.4) is 0 Å². The zero-order valence-corrected chi connectivity index (χ0v) is 15.6. The molecular formula is C16H14BrFN2O5S. The molecule has 0 aliphatic heterocycles. The lowest BCUT2D eigenvalue weighted by molar-refractivity contribution is -0.124. The summed E-state index contributed by atoms with van der Waals surface area (Å²) in [5.41, 5.74) is 0.733. The predicted octanol–water partition coefficient (Wildman–Crippen LogP) is 1.71. The predicted molar refractivity (Wildman–Crippen MR) is 94.0 cm³/mol. The number of hydrogen-bond donors (Lipinski definition) is 2. The van der Waals surface area contributed by atoms with Gasteiger partial charge in [-0.15, -0.1) is 0 Å². The summed E-state index contributed by atoms with van der Waals surface area (Å²) in [7, 11) is -3.77. The molecule has 10 heteroatoms. The molecule has 0 heterocycles. The maximum absolute atomic E-state index is 13.0. The molecule has 26 heavy (non-hydrogen) atoms. The molecule has 0 atom stereocenters. The monoisotopic (exact) mass is 444 g/mol. The van der Waals surface area contributed by atoms with Crippen molar-refractivity contribution in [1.82, 2.24) is 5.32 Å². The summed E-state index contributed by atoms with van der Waals surface area (Å²) < 4.78 is 40.4. The number of halogens is 2. The second kappa shape index (κ2) is 8.39. The van der Waals surface area contributed by atoms with Gasteiger partial charge < -0.3 is 10.1 Å². The first-order valence-corrected chi connectivity index (χ1v) is 9.51. The Morgan fingerprint density at radius 1 is 1.15 bits per heavy atom. The normalized spacial score (nSPS) is 11.0. The molecule has 0 bridgehead atoms. The molecule has 0 unspecified atom stereocenters. The molecule has 0 aliphatic rings. The molecule has 0 aromatic heterocycles. The smallest absolute Gasteiger partial charge is 0.339 e. The number of primary sulfonamides is 1. The SMILES string of the molecule is NS(=O)(=O)c1ccc(CNC(=O)COC(=O)c2ccc(F)cc2Br)cc1. The van der Waals surface area contributed by atoms with Gasteiger partial charge in [-0.2, -0.15) is 0 Å². The maximum Gasteiger partial charge on any atom is 0.339 e. The number of esters is 1. The van der Waals surface area contributed by atoms with Gasteiger partial charge in [0.2, 0.25) is 10.0 Å². The van der Waals surface area contributed by atoms with Crippen molar-refractivity contribution >= 4 is 37.8 Å². The lowest BCUT2D eigenvalue weighted by atomic mass is 10.2. The molecule has 2 aromatic carbocycles. The number of carbonyl (C=O) groups excluding carboxylic acids is 2. The van der Waals surface area contributed by atoms with Gasteiger partial charge in [0.25, 0.3) is 5.91 Å². The van der Waals surface area contributed by atoms with E-state index in [0.29, 0.717) is 5.56 Å². The average Bonchev–Trinajstić information content (AvgIpc) is 2.57. The zero-order chi connectivity index (χ0) is 19.3. The molecule has 138 valence electrons. The average molecular weight is 445 g/mol. The van der Waals surface area contributed by atoms with Crippen LogP contribution in [0.1, 0.15) is 15.9 Å². The number of rotatable bonds is 6. The summed E-state index contributed by atoms with van der Waals surface area (Å²) in [5, 5.41) is 7.51. The second-order valence-electron chi connectivity index (χ2n) is 5.17. The van der Waals surface area contributed by atoms with Crippen molar-refractivity contribution in [2.45, 2.75) is 11.4 Å². The Hall–Kier alpha value is -2.30. The number of carbonyl (C=O) groups is 2. The Bertz CT molecular complexity index is 932. The van der Waals surface area contributed by atoms with Crippen molar-refractivity contribution in [3.8, 4) is 0 Å². The van der Waals surface area contributed by atoms with E-state index in [1.165, 1.54) is 30.3 Å². The first kappa shape index (κ1) is 20.0. The van der Waals surface area contributed by atoms with E-state index in [2.05, 4.69) is 21.2 Å². The van der Waals surface area contributed by atoms with Crippen LogP contribution in [-0.2, 0) is 26.1 Å². The molecular weight excluding hydrogens is 431 g/mol. The summed E-state index contributed by atoms with van der Waals surface area (Å²) in [5.74, 6) is -1.84. The third-order valence-electron chi connectivity index (χ3n) is 3.23. The third-order valence-corrected chi connectivity index (χ3v) is 4.81. The number of hydrogen-bond acceptors (Lipinski definition) is 5. The van der Waals surface area contributed by atoms with Gasteiger partial charge in [0, 0.05) is 11.0 Å². The van der Waals surface area contributed by atoms with E-state index in [1.54, 1.807) is 0 Å². The number of amides is 1. The van der Waals surface area contributed by atoms with Gasteiger partial charge in [-0.25, -0.2) is 22.7 Å². The van der Waals surface area contributed by atoms with Crippen molar-refractivity contribution in [3.05, 3.63) is 63.9 Å². The van der Waals surface area contributed by atoms with Crippen molar-refractivity contribution in [3.63, 3.8) is 0 Å². The summed E-state index contributed by atoms with van der Waals surface area (Å²) in [6, 6.07) is 9.11. The number of benzene rings is 2. The highest BCUT2D eigenvalue weighted by Gasteiger charge is 2.14. The van der Waals surface area contributed by atoms with Crippen LogP contribution in [0.25, 0.3) is 0 Å². The lowest BCUT2D eigenvalue weighted by Gasteiger charge is -2.08. The fraction of sp³-hybridized carbons (Fsp3) is 0.125. The highest BCUT2D eigenvalue weighted by Crippen LogP contribution is 2.18. The quantitative estimate of drug-likeness (QED) is 0.657. The second-order valence-corrected chi connectivity index (χ2v) is 7.58. The van der Waals surface area contributed by atoms with E-state index >= 15 is 0 Å². The molecule has 7 nitrogen and oxygen atoms in total. The first-order chi connectivity index (χ1) is 12.2. The maximum atomic E-state index is 13.0. The molecule has 2 rings (SSSR count). The molecule has 0 saturated heterocycles. The minimum atomic E-state index is -3.77. The summed E-state index contributed by atoms with van der Waals surface area (Å²) >= 11 is 3.04. The third kappa shape index (κ3) is 5.61. The minimum Gasteiger partial charge on any atom is -0.452 e. The van der Waals surface area contributed by atoms with Gasteiger partial charge in [-0.1, -0.05) is 12.1 Å². The highest BCUT2D eigenvalue weighted by molar-refractivity contribution is 9.10. The molecule has 0 fully saturated rings. The van der Waals surface area contributed by atoms with E-state index in [4.69, 9.17) is 9.88 Å². The van der Waals surface area contributed by atoms with Gasteiger partial charge in [0.1, 0.15) is 5.82 Å². The van der Waals surface area contributed by atoms with E-state index in [0.717, 1.165) is 12.1 Å². The Kier molecular flexibility index (Phi) is 6.46. The lowest BCUT2D eigenvalue weighted by Crippen LogP contribution is -2.28. The van der Waals surface area contributed by atoms with Crippen LogP contribution in [0.5, 0.6) is 0 Å². The molecule has 2 aromatic rings. The van der Waals surface area contributed by atoms with Crippen LogP contribution >= 0.6 is 15.9 Å². The molecule has 3 N–H and O–H groups in total. The summed E-state index contributed by atoms with van der Waals surface area (Å²) in [4.78, 5) is 23.6. The van der Waals surface area contributed by atoms with E-state index in [9.17, 15) is 22.4 Å². The molecule has 0 aliphatic carbocycles. The van der Waals surface area contributed by atoms with E-state index < -0.39 is 34.3 Å². The van der Waals surface area contributed by atoms with Crippen LogP contribution in [0.2, 0.25) is 0 Å². The zero-order valence-electron chi connectivity index (χ0n) is 13.2. The first-order valence-electron chi connectivity index (χ1n) is 7.17. The highest BCUT2D eigenvalue weighted by atomic mass is 79.9. The van der Waals surface area contributed by atoms with Gasteiger partial charge in [-0.3, -0.25) is 4.79 Å². The fourth-order valence-electron chi connectivity index (χ4n) is 1.91. The molecule has 0 saturated carbocycles. The van der Waals surface area contributed by atoms with Crippen LogP contribution < -0.4 is 10.5 Å². The van der Waals surface area contributed by atoms with Crippen LogP contribution in [0.15, 0.2) is 51.8 Å². The standard InChI is InChI=1S/C16H14BrFN2O5S/c17-14-7-11(18)3-6-13(14)16(22)25-9-15(21)20-8-10-1-4-12(5-2-10)26(19,23)24/h1-7H,8-9H2,(H,20,21)(H2,19,23,24). The van der Waals surface area contributed by atoms with Gasteiger partial charge in [-0.05, 0) is 51.8 Å². The fourth-order valence-corrected chi connectivity index (χ4v) is 2.94. The van der Waals surface area contributed by atoms with E-state index in [1.807, 2.05) is 0 Å². The Morgan fingerprint density at radius 3 is 2.38 bits per heavy atom.